The molecule has 2 heterocycles. The SMILES string of the molecule is CCC(CC)C(=O)N(C)c1c(C)nc2c(OCc3cc(Cl)cc(Cl)c3)cccn12. The molecule has 29 heavy (non-hydrogen) atoms. The number of aromatic nitrogens is 2. The summed E-state index contributed by atoms with van der Waals surface area (Å²) in [7, 11) is 1.80. The number of imidazole rings is 1. The van der Waals surface area contributed by atoms with Gasteiger partial charge >= 0.3 is 0 Å². The fraction of sp³-hybridized carbons (Fsp3) is 0.364. The summed E-state index contributed by atoms with van der Waals surface area (Å²) in [5.74, 6) is 1.48. The highest BCUT2D eigenvalue weighted by Gasteiger charge is 2.24. The van der Waals surface area contributed by atoms with E-state index in [2.05, 4.69) is 4.98 Å². The van der Waals surface area contributed by atoms with E-state index < -0.39 is 0 Å². The van der Waals surface area contributed by atoms with E-state index >= 15 is 0 Å². The monoisotopic (exact) mass is 433 g/mol. The van der Waals surface area contributed by atoms with Crippen LogP contribution in [0.5, 0.6) is 5.75 Å². The first-order valence-corrected chi connectivity index (χ1v) is 10.4. The lowest BCUT2D eigenvalue weighted by Gasteiger charge is -2.22. The average Bonchev–Trinajstić information content (AvgIpc) is 3.02. The predicted molar refractivity (Wildman–Crippen MR) is 118 cm³/mol. The van der Waals surface area contributed by atoms with Crippen LogP contribution in [0.25, 0.3) is 5.65 Å². The second-order valence-corrected chi connectivity index (χ2v) is 7.94. The molecule has 0 saturated carbocycles. The quantitative estimate of drug-likeness (QED) is 0.463. The van der Waals surface area contributed by atoms with Crippen LogP contribution in [0, 0.1) is 12.8 Å². The number of aryl methyl sites for hydroxylation is 1. The van der Waals surface area contributed by atoms with Gasteiger partial charge in [-0.15, -0.1) is 0 Å². The molecular weight excluding hydrogens is 409 g/mol. The van der Waals surface area contributed by atoms with Gasteiger partial charge in [-0.2, -0.15) is 0 Å². The number of benzene rings is 1. The van der Waals surface area contributed by atoms with Crippen LogP contribution in [-0.2, 0) is 11.4 Å². The number of fused-ring (bicyclic) bond motifs is 1. The smallest absolute Gasteiger partial charge is 0.230 e. The maximum Gasteiger partial charge on any atom is 0.230 e. The number of pyridine rings is 1. The lowest BCUT2D eigenvalue weighted by Crippen LogP contribution is -2.33. The third-order valence-corrected chi connectivity index (χ3v) is 5.49. The van der Waals surface area contributed by atoms with Crippen molar-refractivity contribution in [3.05, 3.63) is 57.8 Å². The third kappa shape index (κ3) is 4.51. The van der Waals surface area contributed by atoms with Crippen molar-refractivity contribution in [3.8, 4) is 5.75 Å². The van der Waals surface area contributed by atoms with Crippen molar-refractivity contribution >= 4 is 40.6 Å². The molecule has 5 nitrogen and oxygen atoms in total. The minimum atomic E-state index is -0.00281. The second-order valence-electron chi connectivity index (χ2n) is 7.06. The molecule has 0 unspecified atom stereocenters. The summed E-state index contributed by atoms with van der Waals surface area (Å²) >= 11 is 12.1. The topological polar surface area (TPSA) is 46.8 Å². The molecular formula is C22H25Cl2N3O2. The zero-order valence-corrected chi connectivity index (χ0v) is 18.6. The van der Waals surface area contributed by atoms with Crippen LogP contribution >= 0.6 is 23.2 Å². The van der Waals surface area contributed by atoms with E-state index in [0.717, 1.165) is 29.9 Å². The zero-order valence-electron chi connectivity index (χ0n) is 17.1. The summed E-state index contributed by atoms with van der Waals surface area (Å²) in [6, 6.07) is 9.06. The Morgan fingerprint density at radius 2 is 1.86 bits per heavy atom. The minimum absolute atomic E-state index is 0.00281. The number of anilines is 1. The molecule has 0 aliphatic heterocycles. The number of amides is 1. The molecule has 154 valence electrons. The van der Waals surface area contributed by atoms with Crippen LogP contribution in [0.3, 0.4) is 0 Å². The van der Waals surface area contributed by atoms with E-state index in [9.17, 15) is 4.79 Å². The number of halogens is 2. The summed E-state index contributed by atoms with van der Waals surface area (Å²) in [6.07, 6.45) is 3.52. The fourth-order valence-electron chi connectivity index (χ4n) is 3.53. The number of hydrogen-bond donors (Lipinski definition) is 0. The largest absolute Gasteiger partial charge is 0.485 e. The minimum Gasteiger partial charge on any atom is -0.485 e. The summed E-state index contributed by atoms with van der Waals surface area (Å²) in [5, 5.41) is 1.13. The van der Waals surface area contributed by atoms with Gasteiger partial charge in [0.25, 0.3) is 0 Å². The highest BCUT2D eigenvalue weighted by molar-refractivity contribution is 6.34. The first kappa shape index (κ1) is 21.5. The Bertz CT molecular complexity index is 1010. The Balaban J connectivity index is 1.92. The Morgan fingerprint density at radius 3 is 2.48 bits per heavy atom. The van der Waals surface area contributed by atoms with E-state index in [0.29, 0.717) is 28.0 Å². The molecule has 0 spiro atoms. The molecule has 2 aromatic heterocycles. The summed E-state index contributed by atoms with van der Waals surface area (Å²) in [4.78, 5) is 19.3. The van der Waals surface area contributed by atoms with Gasteiger partial charge in [0, 0.05) is 29.2 Å². The molecule has 0 N–H and O–H groups in total. The maximum absolute atomic E-state index is 12.9. The van der Waals surface area contributed by atoms with Crippen molar-refractivity contribution in [1.29, 1.82) is 0 Å². The predicted octanol–water partition coefficient (Wildman–Crippen LogP) is 5.93. The van der Waals surface area contributed by atoms with Gasteiger partial charge in [-0.05, 0) is 55.7 Å². The summed E-state index contributed by atoms with van der Waals surface area (Å²) < 4.78 is 7.91. The molecule has 1 amide bonds. The van der Waals surface area contributed by atoms with Crippen LogP contribution in [0.4, 0.5) is 5.82 Å². The number of nitrogens with zero attached hydrogens (tertiary/aromatic N) is 3. The van der Waals surface area contributed by atoms with Crippen molar-refractivity contribution in [1.82, 2.24) is 9.38 Å². The van der Waals surface area contributed by atoms with Crippen molar-refractivity contribution in [2.45, 2.75) is 40.2 Å². The van der Waals surface area contributed by atoms with Crippen molar-refractivity contribution in [3.63, 3.8) is 0 Å². The van der Waals surface area contributed by atoms with E-state index in [-0.39, 0.29) is 11.8 Å². The second kappa shape index (κ2) is 9.06. The van der Waals surface area contributed by atoms with E-state index in [1.165, 1.54) is 0 Å². The molecule has 0 radical (unpaired) electrons. The van der Waals surface area contributed by atoms with Crippen LogP contribution < -0.4 is 9.64 Å². The molecule has 0 bridgehead atoms. The Kier molecular flexibility index (Phi) is 6.70. The lowest BCUT2D eigenvalue weighted by molar-refractivity contribution is -0.122. The molecule has 3 aromatic rings. The van der Waals surface area contributed by atoms with Gasteiger partial charge in [-0.25, -0.2) is 4.98 Å². The van der Waals surface area contributed by atoms with Gasteiger partial charge in [0.2, 0.25) is 5.91 Å². The first-order valence-electron chi connectivity index (χ1n) is 9.68. The van der Waals surface area contributed by atoms with Gasteiger partial charge < -0.3 is 4.74 Å². The maximum atomic E-state index is 12.9. The summed E-state index contributed by atoms with van der Waals surface area (Å²) in [5.41, 5.74) is 2.31. The van der Waals surface area contributed by atoms with E-state index in [4.69, 9.17) is 27.9 Å². The van der Waals surface area contributed by atoms with Crippen molar-refractivity contribution in [2.24, 2.45) is 5.92 Å². The molecule has 0 fully saturated rings. The molecule has 1 aromatic carbocycles. The van der Waals surface area contributed by atoms with Gasteiger partial charge in [0.1, 0.15) is 12.4 Å². The number of hydrogen-bond acceptors (Lipinski definition) is 3. The molecule has 0 aliphatic carbocycles. The highest BCUT2D eigenvalue weighted by Crippen LogP contribution is 2.29. The lowest BCUT2D eigenvalue weighted by atomic mass is 10.0. The van der Waals surface area contributed by atoms with Gasteiger partial charge in [-0.1, -0.05) is 37.0 Å². The first-order chi connectivity index (χ1) is 13.8. The zero-order chi connectivity index (χ0) is 21.1. The molecule has 0 saturated heterocycles. The van der Waals surface area contributed by atoms with Crippen LogP contribution in [0.1, 0.15) is 37.9 Å². The molecule has 7 heteroatoms. The van der Waals surface area contributed by atoms with Crippen LogP contribution in [-0.4, -0.2) is 22.3 Å². The number of rotatable bonds is 7. The standard InChI is InChI=1S/C22H25Cl2N3O2/c1-5-16(6-2)22(28)26(4)21-14(3)25-20-19(8-7-9-27(20)21)29-13-15-10-17(23)12-18(24)11-15/h7-12,16H,5-6,13H2,1-4H3. The third-order valence-electron chi connectivity index (χ3n) is 5.06. The Morgan fingerprint density at radius 1 is 1.21 bits per heavy atom. The fourth-order valence-corrected chi connectivity index (χ4v) is 4.10. The van der Waals surface area contributed by atoms with Gasteiger partial charge in [0.05, 0.1) is 5.69 Å². The normalized spacial score (nSPS) is 11.3. The average molecular weight is 434 g/mol. The highest BCUT2D eigenvalue weighted by atomic mass is 35.5. The van der Waals surface area contributed by atoms with Gasteiger partial charge in [0.15, 0.2) is 11.4 Å². The molecule has 3 rings (SSSR count). The number of ether oxygens (including phenoxy) is 1. The van der Waals surface area contributed by atoms with Crippen molar-refractivity contribution in [2.75, 3.05) is 11.9 Å². The van der Waals surface area contributed by atoms with Crippen LogP contribution in [0.2, 0.25) is 10.0 Å². The van der Waals surface area contributed by atoms with Crippen LogP contribution in [0.15, 0.2) is 36.5 Å². The van der Waals surface area contributed by atoms with E-state index in [1.54, 1.807) is 18.0 Å². The number of carbonyl (C=O) groups is 1. The van der Waals surface area contributed by atoms with E-state index in [1.807, 2.05) is 55.6 Å². The summed E-state index contributed by atoms with van der Waals surface area (Å²) in [6.45, 7) is 6.29. The molecule has 0 aliphatic rings. The Hall–Kier alpha value is -2.24. The van der Waals surface area contributed by atoms with Gasteiger partial charge in [-0.3, -0.25) is 14.1 Å². The molecule has 0 atom stereocenters. The van der Waals surface area contributed by atoms with Crippen molar-refractivity contribution < 1.29 is 9.53 Å². The Labute approximate surface area is 181 Å². The number of carbonyl (C=O) groups excluding carboxylic acids is 1.